The highest BCUT2D eigenvalue weighted by atomic mass is 16.7. The molecule has 13 heteroatoms. The largest absolute Gasteiger partial charge is 0.507 e. The van der Waals surface area contributed by atoms with Gasteiger partial charge in [-0.15, -0.1) is 0 Å². The third-order valence-electron chi connectivity index (χ3n) is 8.02. The Morgan fingerprint density at radius 1 is 0.878 bits per heavy atom. The van der Waals surface area contributed by atoms with Crippen LogP contribution in [0.1, 0.15) is 67.7 Å². The molecule has 5 rings (SSSR count). The van der Waals surface area contributed by atoms with E-state index < -0.39 is 82.9 Å². The van der Waals surface area contributed by atoms with Crippen molar-refractivity contribution in [2.75, 3.05) is 21.3 Å². The minimum absolute atomic E-state index is 0.102. The number of fused-ring (bicyclic) bond motifs is 3. The number of phenols is 2. The van der Waals surface area contributed by atoms with Crippen molar-refractivity contribution in [1.29, 1.82) is 0 Å². The van der Waals surface area contributed by atoms with Crippen LogP contribution in [0.15, 0.2) is 18.2 Å². The van der Waals surface area contributed by atoms with Gasteiger partial charge >= 0.3 is 0 Å². The Morgan fingerprint density at radius 2 is 1.54 bits per heavy atom. The summed E-state index contributed by atoms with van der Waals surface area (Å²) in [4.78, 5) is 40.7. The molecule has 220 valence electrons. The van der Waals surface area contributed by atoms with E-state index in [1.54, 1.807) is 0 Å². The number of hydrogen-bond donors (Lipinski definition) is 5. The second kappa shape index (κ2) is 10.1. The van der Waals surface area contributed by atoms with Gasteiger partial charge in [-0.3, -0.25) is 14.4 Å². The SMILES string of the molecule is COc1cc(O)c2c(c1)C(=O)c1cc3c(c(O)c1C2=O)[C@@H](O[C@@H]1O[C@H](C)[C@H](O)[C@H](O)[C@@H]1OC)[C@@H](OC)[C@](C)(O)C3=O. The molecule has 0 aromatic heterocycles. The molecule has 2 aliphatic carbocycles. The first kappa shape index (κ1) is 29.1. The van der Waals surface area contributed by atoms with E-state index >= 15 is 0 Å². The molecule has 0 unspecified atom stereocenters. The first-order chi connectivity index (χ1) is 19.3. The summed E-state index contributed by atoms with van der Waals surface area (Å²) in [6.45, 7) is 2.65. The predicted molar refractivity (Wildman–Crippen MR) is 136 cm³/mol. The van der Waals surface area contributed by atoms with Crippen LogP contribution in [-0.2, 0) is 18.9 Å². The van der Waals surface area contributed by atoms with Crippen molar-refractivity contribution in [3.05, 3.63) is 51.6 Å². The molecule has 1 aliphatic heterocycles. The molecule has 0 radical (unpaired) electrons. The van der Waals surface area contributed by atoms with Crippen LogP contribution in [0.5, 0.6) is 17.2 Å². The molecule has 1 saturated heterocycles. The minimum Gasteiger partial charge on any atom is -0.507 e. The Hall–Kier alpha value is -3.43. The fourth-order valence-electron chi connectivity index (χ4n) is 5.82. The van der Waals surface area contributed by atoms with Gasteiger partial charge in [-0.05, 0) is 26.0 Å². The summed E-state index contributed by atoms with van der Waals surface area (Å²) in [5, 5.41) is 54.2. The molecule has 0 bridgehead atoms. The Labute approximate surface area is 233 Å². The zero-order chi connectivity index (χ0) is 30.1. The summed E-state index contributed by atoms with van der Waals surface area (Å²) in [7, 11) is 3.75. The minimum atomic E-state index is -2.25. The van der Waals surface area contributed by atoms with Crippen LogP contribution in [-0.4, -0.2) is 107 Å². The number of aromatic hydroxyl groups is 2. The zero-order valence-electron chi connectivity index (χ0n) is 22.8. The number of Topliss-reactive ketones (excluding diaryl/α,β-unsaturated/α-hetero) is 1. The van der Waals surface area contributed by atoms with Crippen molar-refractivity contribution in [1.82, 2.24) is 0 Å². The van der Waals surface area contributed by atoms with E-state index in [0.717, 1.165) is 12.1 Å². The van der Waals surface area contributed by atoms with Gasteiger partial charge in [0, 0.05) is 42.5 Å². The van der Waals surface area contributed by atoms with Crippen molar-refractivity contribution < 1.29 is 63.6 Å². The summed E-state index contributed by atoms with van der Waals surface area (Å²) in [5.74, 6) is -3.85. The summed E-state index contributed by atoms with van der Waals surface area (Å²) in [6.07, 6.45) is -9.35. The number of carbonyl (C=O) groups excluding carboxylic acids is 3. The van der Waals surface area contributed by atoms with Gasteiger partial charge in [0.1, 0.15) is 47.8 Å². The first-order valence-electron chi connectivity index (χ1n) is 12.7. The smallest absolute Gasteiger partial charge is 0.201 e. The highest BCUT2D eigenvalue weighted by Gasteiger charge is 2.56. The van der Waals surface area contributed by atoms with Crippen LogP contribution in [0, 0.1) is 0 Å². The van der Waals surface area contributed by atoms with Gasteiger partial charge in [0.2, 0.25) is 5.78 Å². The molecular formula is C28H30O13. The van der Waals surface area contributed by atoms with Crippen molar-refractivity contribution in [3.8, 4) is 17.2 Å². The summed E-state index contributed by atoms with van der Waals surface area (Å²) < 4.78 is 27.7. The summed E-state index contributed by atoms with van der Waals surface area (Å²) in [5.41, 5.74) is -4.24. The zero-order valence-corrected chi connectivity index (χ0v) is 22.8. The van der Waals surface area contributed by atoms with Crippen LogP contribution in [0.25, 0.3) is 0 Å². The fraction of sp³-hybridized carbons (Fsp3) is 0.464. The van der Waals surface area contributed by atoms with Gasteiger partial charge in [-0.25, -0.2) is 0 Å². The maximum Gasteiger partial charge on any atom is 0.201 e. The van der Waals surface area contributed by atoms with Gasteiger partial charge in [0.05, 0.1) is 24.3 Å². The molecule has 3 aliphatic rings. The second-order valence-corrected chi connectivity index (χ2v) is 10.4. The number of hydrogen-bond acceptors (Lipinski definition) is 13. The summed E-state index contributed by atoms with van der Waals surface area (Å²) in [6, 6.07) is 3.48. The van der Waals surface area contributed by atoms with E-state index in [1.807, 2.05) is 0 Å². The first-order valence-corrected chi connectivity index (χ1v) is 12.7. The average Bonchev–Trinajstić information content (AvgIpc) is 2.92. The van der Waals surface area contributed by atoms with E-state index in [9.17, 15) is 39.9 Å². The molecule has 1 heterocycles. The van der Waals surface area contributed by atoms with E-state index in [-0.39, 0.29) is 33.6 Å². The number of aliphatic hydroxyl groups is 3. The predicted octanol–water partition coefficient (Wildman–Crippen LogP) is 0.383. The van der Waals surface area contributed by atoms with Crippen LogP contribution >= 0.6 is 0 Å². The van der Waals surface area contributed by atoms with Crippen LogP contribution in [0.2, 0.25) is 0 Å². The Balaban J connectivity index is 1.71. The Kier molecular flexibility index (Phi) is 7.19. The van der Waals surface area contributed by atoms with Gasteiger partial charge in [0.25, 0.3) is 0 Å². The molecule has 0 spiro atoms. The maximum atomic E-state index is 13.6. The van der Waals surface area contributed by atoms with Gasteiger partial charge in [0.15, 0.2) is 23.5 Å². The second-order valence-electron chi connectivity index (χ2n) is 10.4. The molecule has 2 aromatic carbocycles. The molecule has 5 N–H and O–H groups in total. The molecule has 2 aromatic rings. The van der Waals surface area contributed by atoms with Crippen LogP contribution in [0.3, 0.4) is 0 Å². The number of ketones is 3. The van der Waals surface area contributed by atoms with Gasteiger partial charge in [-0.1, -0.05) is 0 Å². The quantitative estimate of drug-likeness (QED) is 0.281. The molecule has 41 heavy (non-hydrogen) atoms. The number of benzene rings is 2. The van der Waals surface area contributed by atoms with Crippen molar-refractivity contribution in [2.45, 2.75) is 62.4 Å². The van der Waals surface area contributed by atoms with Gasteiger partial charge < -0.3 is 49.2 Å². The normalized spacial score (nSPS) is 32.8. The van der Waals surface area contributed by atoms with Crippen molar-refractivity contribution >= 4 is 17.3 Å². The molecule has 13 nitrogen and oxygen atoms in total. The lowest BCUT2D eigenvalue weighted by Gasteiger charge is -2.46. The molecule has 1 fully saturated rings. The molecule has 8 atom stereocenters. The van der Waals surface area contributed by atoms with E-state index in [0.29, 0.717) is 0 Å². The Bertz CT molecular complexity index is 1450. The number of phenolic OH excluding ortho intramolecular Hbond substituents is 2. The standard InChI is InChI=1S/C28H30O13/c1-9-18(30)22(34)24(38-4)27(40-9)41-23-17-13(25(35)28(2,36)26(23)39-5)8-12-16(21(17)33)20(32)15-11(19(12)31)6-10(37-3)7-14(15)29/h6-9,18,22-24,26-27,29-30,33-34,36H,1-5H3/t9-,18+,22+,23-,24+,26-,27+,28-/m1/s1. The van der Waals surface area contributed by atoms with Gasteiger partial charge in [-0.2, -0.15) is 0 Å². The van der Waals surface area contributed by atoms with Crippen molar-refractivity contribution in [3.63, 3.8) is 0 Å². The van der Waals surface area contributed by atoms with Crippen molar-refractivity contribution in [2.24, 2.45) is 0 Å². The third-order valence-corrected chi connectivity index (χ3v) is 8.02. The summed E-state index contributed by atoms with van der Waals surface area (Å²) >= 11 is 0. The van der Waals surface area contributed by atoms with E-state index in [1.165, 1.54) is 41.2 Å². The maximum absolute atomic E-state index is 13.6. The van der Waals surface area contributed by atoms with Crippen LogP contribution < -0.4 is 4.74 Å². The number of methoxy groups -OCH3 is 3. The number of carbonyl (C=O) groups is 3. The highest BCUT2D eigenvalue weighted by molar-refractivity contribution is 6.31. The lowest BCUT2D eigenvalue weighted by Crippen LogP contribution is -2.60. The fourth-order valence-corrected chi connectivity index (χ4v) is 5.82. The Morgan fingerprint density at radius 3 is 2.15 bits per heavy atom. The topological polar surface area (TPSA) is 199 Å². The molecule has 0 amide bonds. The highest BCUT2D eigenvalue weighted by Crippen LogP contribution is 2.49. The number of ether oxygens (including phenoxy) is 5. The number of rotatable bonds is 5. The lowest BCUT2D eigenvalue weighted by atomic mass is 9.72. The average molecular weight is 575 g/mol. The lowest BCUT2D eigenvalue weighted by molar-refractivity contribution is -0.321. The monoisotopic (exact) mass is 574 g/mol. The van der Waals surface area contributed by atoms with Crippen LogP contribution in [0.4, 0.5) is 0 Å². The van der Waals surface area contributed by atoms with E-state index in [2.05, 4.69) is 0 Å². The third kappa shape index (κ3) is 4.15. The number of aliphatic hydroxyl groups excluding tert-OH is 2. The molecule has 0 saturated carbocycles. The molecular weight excluding hydrogens is 544 g/mol. The van der Waals surface area contributed by atoms with E-state index in [4.69, 9.17) is 23.7 Å².